The Morgan fingerprint density at radius 2 is 1.71 bits per heavy atom. The molecule has 0 aliphatic heterocycles. The maximum Gasteiger partial charge on any atom is 0.247 e. The summed E-state index contributed by atoms with van der Waals surface area (Å²) in [5.74, 6) is -0.497. The summed E-state index contributed by atoms with van der Waals surface area (Å²) in [6.45, 7) is 2.90. The Hall–Kier alpha value is -4.04. The quantitative estimate of drug-likeness (QED) is 0.359. The lowest BCUT2D eigenvalue weighted by Gasteiger charge is -2.32. The van der Waals surface area contributed by atoms with Crippen molar-refractivity contribution in [2.75, 3.05) is 20.3 Å². The molecule has 0 spiro atoms. The molecule has 0 aliphatic rings. The summed E-state index contributed by atoms with van der Waals surface area (Å²) >= 11 is 0. The zero-order chi connectivity index (χ0) is 24.6. The largest absolute Gasteiger partial charge is 0.383 e. The van der Waals surface area contributed by atoms with E-state index in [1.807, 2.05) is 85.8 Å². The van der Waals surface area contributed by atoms with Crippen LogP contribution in [0.15, 0.2) is 78.9 Å². The van der Waals surface area contributed by atoms with Crippen LogP contribution >= 0.6 is 0 Å². The molecule has 4 aromatic rings. The summed E-state index contributed by atoms with van der Waals surface area (Å²) in [5.41, 5.74) is 4.10. The fourth-order valence-corrected chi connectivity index (χ4v) is 4.07. The number of carbonyl (C=O) groups excluding carboxylic acids is 2. The molecule has 0 unspecified atom stereocenters. The van der Waals surface area contributed by atoms with Gasteiger partial charge in [0.25, 0.3) is 0 Å². The summed E-state index contributed by atoms with van der Waals surface area (Å²) < 4.78 is 6.68. The third kappa shape index (κ3) is 5.73. The minimum absolute atomic E-state index is 0.0406. The Balaban J connectivity index is 1.73. The van der Waals surface area contributed by atoms with Gasteiger partial charge >= 0.3 is 0 Å². The van der Waals surface area contributed by atoms with E-state index in [-0.39, 0.29) is 24.9 Å². The van der Waals surface area contributed by atoms with Gasteiger partial charge in [-0.3, -0.25) is 9.59 Å². The first kappa shape index (κ1) is 24.1. The zero-order valence-electron chi connectivity index (χ0n) is 19.9. The second-order valence-electron chi connectivity index (χ2n) is 8.29. The van der Waals surface area contributed by atoms with Gasteiger partial charge < -0.3 is 15.0 Å². The molecule has 180 valence electrons. The van der Waals surface area contributed by atoms with Crippen molar-refractivity contribution >= 4 is 22.8 Å². The smallest absolute Gasteiger partial charge is 0.247 e. The first-order chi connectivity index (χ1) is 17.1. The molecular weight excluding hydrogens is 442 g/mol. The Morgan fingerprint density at radius 1 is 1.00 bits per heavy atom. The number of benzene rings is 3. The molecule has 1 atom stereocenters. The zero-order valence-corrected chi connectivity index (χ0v) is 19.9. The standard InChI is InChI=1S/C27H29N5O3/c1-20-10-6-7-13-22(20)26(27(34)28-16-17-35-2)31(18-21-11-4-3-5-12-21)25(33)19-32-24-15-9-8-14-23(24)29-30-32/h3-15,26H,16-19H2,1-2H3,(H,28,34)/t26-/m1/s1. The number of hydrogen-bond acceptors (Lipinski definition) is 5. The number of hydrogen-bond donors (Lipinski definition) is 1. The number of rotatable bonds is 10. The minimum atomic E-state index is -0.824. The van der Waals surface area contributed by atoms with Gasteiger partial charge in [0.2, 0.25) is 11.8 Å². The second kappa shape index (κ2) is 11.4. The van der Waals surface area contributed by atoms with Crippen LogP contribution in [0.4, 0.5) is 0 Å². The maximum atomic E-state index is 13.9. The third-order valence-electron chi connectivity index (χ3n) is 5.87. The third-order valence-corrected chi connectivity index (χ3v) is 5.87. The van der Waals surface area contributed by atoms with E-state index in [9.17, 15) is 9.59 Å². The van der Waals surface area contributed by atoms with Gasteiger partial charge in [-0.25, -0.2) is 4.68 Å². The highest BCUT2D eigenvalue weighted by atomic mass is 16.5. The number of methoxy groups -OCH3 is 1. The summed E-state index contributed by atoms with van der Waals surface area (Å²) in [6, 6.07) is 24.0. The lowest BCUT2D eigenvalue weighted by Crippen LogP contribution is -2.45. The lowest BCUT2D eigenvalue weighted by atomic mass is 9.98. The van der Waals surface area contributed by atoms with Gasteiger partial charge in [-0.2, -0.15) is 0 Å². The molecule has 4 rings (SSSR count). The van der Waals surface area contributed by atoms with E-state index >= 15 is 0 Å². The molecular formula is C27H29N5O3. The molecule has 8 nitrogen and oxygen atoms in total. The number of nitrogens with zero attached hydrogens (tertiary/aromatic N) is 4. The molecule has 35 heavy (non-hydrogen) atoms. The molecule has 3 aromatic carbocycles. The average Bonchev–Trinajstić information content (AvgIpc) is 3.28. The summed E-state index contributed by atoms with van der Waals surface area (Å²) in [5, 5.41) is 11.3. The van der Waals surface area contributed by atoms with Crippen molar-refractivity contribution in [3.63, 3.8) is 0 Å². The van der Waals surface area contributed by atoms with Crippen molar-refractivity contribution < 1.29 is 14.3 Å². The van der Waals surface area contributed by atoms with Crippen LogP contribution in [-0.2, 0) is 27.4 Å². The molecule has 1 N–H and O–H groups in total. The minimum Gasteiger partial charge on any atom is -0.383 e. The van der Waals surface area contributed by atoms with Crippen molar-refractivity contribution in [1.29, 1.82) is 0 Å². The van der Waals surface area contributed by atoms with E-state index in [1.165, 1.54) is 0 Å². The van der Waals surface area contributed by atoms with Gasteiger partial charge in [-0.1, -0.05) is 71.9 Å². The number of nitrogens with one attached hydrogen (secondary N) is 1. The topological polar surface area (TPSA) is 89.4 Å². The molecule has 0 bridgehead atoms. The van der Waals surface area contributed by atoms with Crippen molar-refractivity contribution in [1.82, 2.24) is 25.2 Å². The fourth-order valence-electron chi connectivity index (χ4n) is 4.07. The van der Waals surface area contributed by atoms with Gasteiger partial charge in [-0.15, -0.1) is 5.10 Å². The van der Waals surface area contributed by atoms with Gasteiger partial charge in [-0.05, 0) is 35.7 Å². The highest BCUT2D eigenvalue weighted by Gasteiger charge is 2.32. The van der Waals surface area contributed by atoms with Gasteiger partial charge in [0.1, 0.15) is 18.1 Å². The maximum absolute atomic E-state index is 13.9. The summed E-state index contributed by atoms with van der Waals surface area (Å²) in [6.07, 6.45) is 0. The number of para-hydroxylation sites is 1. The van der Waals surface area contributed by atoms with Crippen molar-refractivity contribution in [3.8, 4) is 0 Å². The molecule has 0 aliphatic carbocycles. The number of amides is 2. The van der Waals surface area contributed by atoms with E-state index in [1.54, 1.807) is 16.7 Å². The number of aryl methyl sites for hydroxylation is 1. The average molecular weight is 472 g/mol. The van der Waals surface area contributed by atoms with Crippen LogP contribution in [0.1, 0.15) is 22.7 Å². The Morgan fingerprint density at radius 3 is 2.49 bits per heavy atom. The van der Waals surface area contributed by atoms with Crippen molar-refractivity contribution in [2.45, 2.75) is 26.1 Å². The van der Waals surface area contributed by atoms with E-state index in [0.717, 1.165) is 22.2 Å². The number of fused-ring (bicyclic) bond motifs is 1. The van der Waals surface area contributed by atoms with Crippen molar-refractivity contribution in [3.05, 3.63) is 95.6 Å². The summed E-state index contributed by atoms with van der Waals surface area (Å²) in [7, 11) is 1.58. The molecule has 1 heterocycles. The first-order valence-corrected chi connectivity index (χ1v) is 11.5. The molecule has 1 aromatic heterocycles. The van der Waals surface area contributed by atoms with Crippen molar-refractivity contribution in [2.24, 2.45) is 0 Å². The van der Waals surface area contributed by atoms with Crippen LogP contribution in [0, 0.1) is 6.92 Å². The van der Waals surface area contributed by atoms with Crippen LogP contribution in [0.25, 0.3) is 11.0 Å². The number of ether oxygens (including phenoxy) is 1. The highest BCUT2D eigenvalue weighted by molar-refractivity contribution is 5.89. The second-order valence-corrected chi connectivity index (χ2v) is 8.29. The van der Waals surface area contributed by atoms with Gasteiger partial charge in [0.15, 0.2) is 0 Å². The van der Waals surface area contributed by atoms with Crippen LogP contribution in [0.2, 0.25) is 0 Å². The molecule has 0 saturated carbocycles. The molecule has 0 radical (unpaired) electrons. The Kier molecular flexibility index (Phi) is 7.84. The molecule has 2 amide bonds. The van der Waals surface area contributed by atoms with Crippen LogP contribution in [0.5, 0.6) is 0 Å². The summed E-state index contributed by atoms with van der Waals surface area (Å²) in [4.78, 5) is 29.0. The van der Waals surface area contributed by atoms with Crippen LogP contribution < -0.4 is 5.32 Å². The molecule has 8 heteroatoms. The van der Waals surface area contributed by atoms with Crippen LogP contribution in [-0.4, -0.2) is 52.0 Å². The SMILES string of the molecule is COCCNC(=O)[C@@H](c1ccccc1C)N(Cc1ccccc1)C(=O)Cn1nnc2ccccc21. The van der Waals surface area contributed by atoms with Gasteiger partial charge in [0, 0.05) is 20.2 Å². The predicted octanol–water partition coefficient (Wildman–Crippen LogP) is 3.27. The Bertz CT molecular complexity index is 1290. The number of aromatic nitrogens is 3. The number of carbonyl (C=O) groups is 2. The van der Waals surface area contributed by atoms with Gasteiger partial charge in [0.05, 0.1) is 12.1 Å². The van der Waals surface area contributed by atoms with E-state index in [0.29, 0.717) is 18.7 Å². The normalized spacial score (nSPS) is 11.8. The van der Waals surface area contributed by atoms with E-state index in [2.05, 4.69) is 15.6 Å². The predicted molar refractivity (Wildman–Crippen MR) is 133 cm³/mol. The highest BCUT2D eigenvalue weighted by Crippen LogP contribution is 2.27. The lowest BCUT2D eigenvalue weighted by molar-refractivity contribution is -0.142. The Labute approximate surface area is 204 Å². The van der Waals surface area contributed by atoms with Crippen LogP contribution in [0.3, 0.4) is 0 Å². The fraction of sp³-hybridized carbons (Fsp3) is 0.259. The molecule has 0 saturated heterocycles. The van der Waals surface area contributed by atoms with E-state index in [4.69, 9.17) is 4.74 Å². The molecule has 0 fully saturated rings. The van der Waals surface area contributed by atoms with E-state index < -0.39 is 6.04 Å². The first-order valence-electron chi connectivity index (χ1n) is 11.5. The monoisotopic (exact) mass is 471 g/mol.